The van der Waals surface area contributed by atoms with Crippen LogP contribution in [0.4, 0.5) is 10.5 Å². The Hall–Kier alpha value is -2.37. The van der Waals surface area contributed by atoms with Crippen molar-refractivity contribution in [1.82, 2.24) is 4.90 Å². The molecule has 6 heteroatoms. The summed E-state index contributed by atoms with van der Waals surface area (Å²) in [6.45, 7) is 1.70. The molecule has 24 heavy (non-hydrogen) atoms. The second kappa shape index (κ2) is 8.47. The molecule has 1 aromatic rings. The van der Waals surface area contributed by atoms with Gasteiger partial charge in [0.05, 0.1) is 0 Å². The van der Waals surface area contributed by atoms with Crippen molar-refractivity contribution in [3.8, 4) is 0 Å². The molecule has 0 bridgehead atoms. The Bertz CT molecular complexity index is 592. The van der Waals surface area contributed by atoms with Crippen LogP contribution >= 0.6 is 0 Å². The van der Waals surface area contributed by atoms with Gasteiger partial charge in [-0.25, -0.2) is 4.79 Å². The van der Waals surface area contributed by atoms with Crippen LogP contribution in [0.5, 0.6) is 0 Å². The van der Waals surface area contributed by atoms with Gasteiger partial charge in [0.25, 0.3) is 0 Å². The van der Waals surface area contributed by atoms with Crippen molar-refractivity contribution in [2.75, 3.05) is 18.4 Å². The van der Waals surface area contributed by atoms with Gasteiger partial charge < -0.3 is 10.4 Å². The van der Waals surface area contributed by atoms with Crippen LogP contribution in [-0.2, 0) is 4.79 Å². The number of carbonyl (C=O) groups excluding carboxylic acids is 2. The Morgan fingerprint density at radius 2 is 1.75 bits per heavy atom. The number of nitrogens with zero attached hydrogens (tertiary/aromatic N) is 1. The molecule has 0 saturated heterocycles. The van der Waals surface area contributed by atoms with E-state index in [0.717, 1.165) is 25.7 Å². The van der Waals surface area contributed by atoms with Crippen LogP contribution in [0, 0.1) is 5.92 Å². The monoisotopic (exact) mass is 332 g/mol. The third-order valence-corrected chi connectivity index (χ3v) is 4.38. The normalized spacial score (nSPS) is 14.9. The minimum atomic E-state index is -1.07. The van der Waals surface area contributed by atoms with Gasteiger partial charge in [-0.05, 0) is 49.9 Å². The maximum atomic E-state index is 12.1. The molecule has 0 heterocycles. The lowest BCUT2D eigenvalue weighted by Gasteiger charge is -2.27. The standard InChI is InChI=1S/C18H24N2O4/c1-13(21)15-7-9-16(10-8-15)19-17(22)12-20(18(23)24)11-14-5-3-2-4-6-14/h7-10,14H,2-6,11-12H2,1H3,(H,19,22)(H,23,24). The minimum absolute atomic E-state index is 0.0441. The summed E-state index contributed by atoms with van der Waals surface area (Å²) in [5.41, 5.74) is 1.12. The molecule has 1 aliphatic carbocycles. The molecule has 1 aromatic carbocycles. The van der Waals surface area contributed by atoms with Crippen molar-refractivity contribution in [3.05, 3.63) is 29.8 Å². The third-order valence-electron chi connectivity index (χ3n) is 4.38. The maximum Gasteiger partial charge on any atom is 0.407 e. The van der Waals surface area contributed by atoms with Crippen LogP contribution in [0.25, 0.3) is 0 Å². The van der Waals surface area contributed by atoms with Gasteiger partial charge in [0.1, 0.15) is 6.54 Å². The molecule has 0 spiro atoms. The van der Waals surface area contributed by atoms with E-state index in [1.165, 1.54) is 18.2 Å². The molecule has 0 unspecified atom stereocenters. The molecule has 1 aliphatic rings. The molecule has 0 aliphatic heterocycles. The maximum absolute atomic E-state index is 12.1. The van der Waals surface area contributed by atoms with E-state index in [9.17, 15) is 19.5 Å². The molecule has 6 nitrogen and oxygen atoms in total. The number of amides is 2. The number of carbonyl (C=O) groups is 3. The van der Waals surface area contributed by atoms with Crippen molar-refractivity contribution < 1.29 is 19.5 Å². The van der Waals surface area contributed by atoms with Crippen LogP contribution < -0.4 is 5.32 Å². The van der Waals surface area contributed by atoms with Crippen molar-refractivity contribution in [2.24, 2.45) is 5.92 Å². The van der Waals surface area contributed by atoms with Crippen LogP contribution in [-0.4, -0.2) is 40.9 Å². The number of Topliss-reactive ketones (excluding diaryl/α,β-unsaturated/α-hetero) is 1. The average molecular weight is 332 g/mol. The summed E-state index contributed by atoms with van der Waals surface area (Å²) in [7, 11) is 0. The zero-order valence-corrected chi connectivity index (χ0v) is 14.0. The quantitative estimate of drug-likeness (QED) is 0.782. The predicted molar refractivity (Wildman–Crippen MR) is 91.2 cm³/mol. The molecule has 0 radical (unpaired) electrons. The highest BCUT2D eigenvalue weighted by Crippen LogP contribution is 2.24. The first kappa shape index (κ1) is 18.0. The molecule has 0 aromatic heterocycles. The van der Waals surface area contributed by atoms with Crippen LogP contribution in [0.3, 0.4) is 0 Å². The second-order valence-corrected chi connectivity index (χ2v) is 6.35. The Kier molecular flexibility index (Phi) is 6.35. The number of nitrogens with one attached hydrogen (secondary N) is 1. The molecule has 1 saturated carbocycles. The van der Waals surface area contributed by atoms with Gasteiger partial charge in [0.2, 0.25) is 5.91 Å². The van der Waals surface area contributed by atoms with Crippen molar-refractivity contribution in [1.29, 1.82) is 0 Å². The van der Waals surface area contributed by atoms with Gasteiger partial charge >= 0.3 is 6.09 Å². The third kappa shape index (κ3) is 5.37. The van der Waals surface area contributed by atoms with E-state index in [1.807, 2.05) is 0 Å². The summed E-state index contributed by atoms with van der Waals surface area (Å²) >= 11 is 0. The van der Waals surface area contributed by atoms with E-state index in [1.54, 1.807) is 24.3 Å². The van der Waals surface area contributed by atoms with Crippen molar-refractivity contribution >= 4 is 23.5 Å². The molecule has 1 fully saturated rings. The Morgan fingerprint density at radius 1 is 1.12 bits per heavy atom. The summed E-state index contributed by atoms with van der Waals surface area (Å²) < 4.78 is 0. The highest BCUT2D eigenvalue weighted by atomic mass is 16.4. The number of hydrogen-bond donors (Lipinski definition) is 2. The van der Waals surface area contributed by atoms with Gasteiger partial charge in [-0.2, -0.15) is 0 Å². The second-order valence-electron chi connectivity index (χ2n) is 6.35. The predicted octanol–water partition coefficient (Wildman–Crippen LogP) is 3.39. The minimum Gasteiger partial charge on any atom is -0.465 e. The lowest BCUT2D eigenvalue weighted by molar-refractivity contribution is -0.117. The smallest absolute Gasteiger partial charge is 0.407 e. The topological polar surface area (TPSA) is 86.7 Å². The van der Waals surface area contributed by atoms with Crippen LogP contribution in [0.2, 0.25) is 0 Å². The first-order chi connectivity index (χ1) is 11.5. The van der Waals surface area contributed by atoms with E-state index in [2.05, 4.69) is 5.32 Å². The number of carboxylic acid groups (broad SMARTS) is 1. The number of rotatable bonds is 6. The summed E-state index contributed by atoms with van der Waals surface area (Å²) in [5.74, 6) is -0.0707. The van der Waals surface area contributed by atoms with Gasteiger partial charge in [0, 0.05) is 17.8 Å². The van der Waals surface area contributed by atoms with Gasteiger partial charge in [-0.3, -0.25) is 14.5 Å². The Balaban J connectivity index is 1.89. The molecule has 2 N–H and O–H groups in total. The molecule has 130 valence electrons. The Morgan fingerprint density at radius 3 is 2.29 bits per heavy atom. The van der Waals surface area contributed by atoms with Crippen molar-refractivity contribution in [2.45, 2.75) is 39.0 Å². The first-order valence-electron chi connectivity index (χ1n) is 8.34. The van der Waals surface area contributed by atoms with E-state index in [4.69, 9.17) is 0 Å². The van der Waals surface area contributed by atoms with E-state index in [0.29, 0.717) is 23.7 Å². The van der Waals surface area contributed by atoms with Gasteiger partial charge in [0.15, 0.2) is 5.78 Å². The molecule has 2 rings (SSSR count). The Labute approximate surface area is 141 Å². The van der Waals surface area contributed by atoms with E-state index < -0.39 is 6.09 Å². The summed E-state index contributed by atoms with van der Waals surface area (Å²) in [5, 5.41) is 12.0. The highest BCUT2D eigenvalue weighted by molar-refractivity contribution is 5.96. The molecular weight excluding hydrogens is 308 g/mol. The summed E-state index contributed by atoms with van der Waals surface area (Å²) in [6, 6.07) is 6.55. The lowest BCUT2D eigenvalue weighted by Crippen LogP contribution is -2.40. The molecule has 0 atom stereocenters. The lowest BCUT2D eigenvalue weighted by atomic mass is 9.89. The largest absolute Gasteiger partial charge is 0.465 e. The zero-order chi connectivity index (χ0) is 17.5. The van der Waals surface area contributed by atoms with Gasteiger partial charge in [-0.1, -0.05) is 19.3 Å². The molecule has 2 amide bonds. The molecular formula is C18H24N2O4. The fraction of sp³-hybridized carbons (Fsp3) is 0.500. The number of ketones is 1. The van der Waals surface area contributed by atoms with E-state index >= 15 is 0 Å². The fourth-order valence-electron chi connectivity index (χ4n) is 3.05. The zero-order valence-electron chi connectivity index (χ0n) is 14.0. The average Bonchev–Trinajstić information content (AvgIpc) is 2.55. The SMILES string of the molecule is CC(=O)c1ccc(NC(=O)CN(CC2CCCCC2)C(=O)O)cc1. The highest BCUT2D eigenvalue weighted by Gasteiger charge is 2.22. The summed E-state index contributed by atoms with van der Waals surface area (Å²) in [4.78, 5) is 35.9. The van der Waals surface area contributed by atoms with E-state index in [-0.39, 0.29) is 18.2 Å². The number of anilines is 1. The van der Waals surface area contributed by atoms with Crippen LogP contribution in [0.15, 0.2) is 24.3 Å². The number of hydrogen-bond acceptors (Lipinski definition) is 3. The fourth-order valence-corrected chi connectivity index (χ4v) is 3.05. The van der Waals surface area contributed by atoms with Gasteiger partial charge in [-0.15, -0.1) is 0 Å². The first-order valence-corrected chi connectivity index (χ1v) is 8.34. The number of benzene rings is 1. The van der Waals surface area contributed by atoms with Crippen molar-refractivity contribution in [3.63, 3.8) is 0 Å². The van der Waals surface area contributed by atoms with Crippen LogP contribution in [0.1, 0.15) is 49.4 Å². The summed E-state index contributed by atoms with van der Waals surface area (Å²) in [6.07, 6.45) is 4.46.